The van der Waals surface area contributed by atoms with Gasteiger partial charge in [-0.3, -0.25) is 0 Å². The molecule has 1 rings (SSSR count). The lowest BCUT2D eigenvalue weighted by atomic mass is 9.92. The first kappa shape index (κ1) is 13.3. The summed E-state index contributed by atoms with van der Waals surface area (Å²) in [6.45, 7) is 5.46. The van der Waals surface area contributed by atoms with Gasteiger partial charge in [0.2, 0.25) is 0 Å². The van der Waals surface area contributed by atoms with Gasteiger partial charge in [-0.15, -0.1) is 11.6 Å². The largest absolute Gasteiger partial charge is 0.393 e. The highest BCUT2D eigenvalue weighted by molar-refractivity contribution is 6.17. The van der Waals surface area contributed by atoms with Gasteiger partial charge in [0, 0.05) is 5.88 Å². The Kier molecular flexibility index (Phi) is 6.62. The summed E-state index contributed by atoms with van der Waals surface area (Å²) in [5.74, 6) is 1.33. The van der Waals surface area contributed by atoms with E-state index in [1.807, 2.05) is 6.92 Å². The fraction of sp³-hybridized carbons (Fsp3) is 1.00. The van der Waals surface area contributed by atoms with Crippen molar-refractivity contribution in [3.8, 4) is 0 Å². The molecule has 0 amide bonds. The van der Waals surface area contributed by atoms with Gasteiger partial charge in [0.1, 0.15) is 0 Å². The van der Waals surface area contributed by atoms with Gasteiger partial charge in [0.05, 0.1) is 6.10 Å². The fourth-order valence-corrected chi connectivity index (χ4v) is 2.45. The summed E-state index contributed by atoms with van der Waals surface area (Å²) in [5.41, 5.74) is 0. The SMILES string of the molecule is CC(O)C1CCN(CCCCCCl)CC1. The summed E-state index contributed by atoms with van der Waals surface area (Å²) >= 11 is 5.64. The molecule has 1 atom stereocenters. The first-order valence-electron chi connectivity index (χ1n) is 6.20. The lowest BCUT2D eigenvalue weighted by Crippen LogP contribution is -2.37. The van der Waals surface area contributed by atoms with Crippen LogP contribution in [0.25, 0.3) is 0 Å². The van der Waals surface area contributed by atoms with Crippen LogP contribution in [0.2, 0.25) is 0 Å². The number of piperidine rings is 1. The smallest absolute Gasteiger partial charge is 0.0541 e. The van der Waals surface area contributed by atoms with Crippen molar-refractivity contribution in [3.05, 3.63) is 0 Å². The maximum atomic E-state index is 9.48. The number of halogens is 1. The zero-order chi connectivity index (χ0) is 11.1. The summed E-state index contributed by atoms with van der Waals surface area (Å²) in [4.78, 5) is 2.52. The van der Waals surface area contributed by atoms with Crippen LogP contribution in [0.1, 0.15) is 39.0 Å². The average Bonchev–Trinajstić information content (AvgIpc) is 2.25. The molecule has 1 heterocycles. The van der Waals surface area contributed by atoms with Gasteiger partial charge in [-0.05, 0) is 58.2 Å². The summed E-state index contributed by atoms with van der Waals surface area (Å²) in [6.07, 6.45) is 5.86. The molecule has 15 heavy (non-hydrogen) atoms. The molecule has 0 radical (unpaired) electrons. The van der Waals surface area contributed by atoms with Gasteiger partial charge in [0.25, 0.3) is 0 Å². The van der Waals surface area contributed by atoms with Crippen molar-refractivity contribution in [2.45, 2.75) is 45.1 Å². The Morgan fingerprint density at radius 2 is 1.93 bits per heavy atom. The van der Waals surface area contributed by atoms with E-state index in [1.165, 1.54) is 19.4 Å². The summed E-state index contributed by atoms with van der Waals surface area (Å²) in [5, 5.41) is 9.48. The van der Waals surface area contributed by atoms with Crippen LogP contribution in [0.4, 0.5) is 0 Å². The first-order valence-corrected chi connectivity index (χ1v) is 6.74. The van der Waals surface area contributed by atoms with Crippen molar-refractivity contribution in [2.75, 3.05) is 25.5 Å². The van der Waals surface area contributed by atoms with Gasteiger partial charge >= 0.3 is 0 Å². The molecule has 0 bridgehead atoms. The van der Waals surface area contributed by atoms with Crippen LogP contribution >= 0.6 is 11.6 Å². The third-order valence-corrected chi connectivity index (χ3v) is 3.69. The lowest BCUT2D eigenvalue weighted by molar-refractivity contribution is 0.0714. The number of alkyl halides is 1. The van der Waals surface area contributed by atoms with E-state index in [4.69, 9.17) is 11.6 Å². The fourth-order valence-electron chi connectivity index (χ4n) is 2.27. The van der Waals surface area contributed by atoms with Gasteiger partial charge in [-0.1, -0.05) is 6.42 Å². The Hall–Kier alpha value is 0.210. The molecule has 90 valence electrons. The molecule has 1 fully saturated rings. The number of nitrogens with zero attached hydrogens (tertiary/aromatic N) is 1. The maximum absolute atomic E-state index is 9.48. The summed E-state index contributed by atoms with van der Waals surface area (Å²) in [7, 11) is 0. The lowest BCUT2D eigenvalue weighted by Gasteiger charge is -2.33. The van der Waals surface area contributed by atoms with Gasteiger partial charge in [0.15, 0.2) is 0 Å². The van der Waals surface area contributed by atoms with Crippen molar-refractivity contribution >= 4 is 11.6 Å². The number of rotatable bonds is 6. The standard InChI is InChI=1S/C12H24ClNO/c1-11(15)12-5-9-14(10-6-12)8-4-2-3-7-13/h11-12,15H,2-10H2,1H3. The number of hydrogen-bond acceptors (Lipinski definition) is 2. The molecule has 0 aromatic heterocycles. The minimum Gasteiger partial charge on any atom is -0.393 e. The first-order chi connectivity index (χ1) is 7.24. The highest BCUT2D eigenvalue weighted by atomic mass is 35.5. The minimum absolute atomic E-state index is 0.122. The van der Waals surface area contributed by atoms with E-state index in [2.05, 4.69) is 4.90 Å². The van der Waals surface area contributed by atoms with Crippen LogP contribution in [-0.4, -0.2) is 41.6 Å². The van der Waals surface area contributed by atoms with E-state index in [9.17, 15) is 5.11 Å². The number of aliphatic hydroxyl groups excluding tert-OH is 1. The van der Waals surface area contributed by atoms with Crippen molar-refractivity contribution in [1.82, 2.24) is 4.90 Å². The highest BCUT2D eigenvalue weighted by Gasteiger charge is 2.21. The summed E-state index contributed by atoms with van der Waals surface area (Å²) < 4.78 is 0. The van der Waals surface area contributed by atoms with Crippen LogP contribution in [0.5, 0.6) is 0 Å². The molecule has 1 unspecified atom stereocenters. The molecule has 1 saturated heterocycles. The highest BCUT2D eigenvalue weighted by Crippen LogP contribution is 2.20. The Bertz CT molecular complexity index is 156. The second kappa shape index (κ2) is 7.48. The predicted octanol–water partition coefficient (Wildman–Crippen LogP) is 2.49. The predicted molar refractivity (Wildman–Crippen MR) is 65.4 cm³/mol. The Morgan fingerprint density at radius 1 is 1.27 bits per heavy atom. The second-order valence-corrected chi connectivity index (χ2v) is 5.05. The van der Waals surface area contributed by atoms with Crippen molar-refractivity contribution in [3.63, 3.8) is 0 Å². The molecule has 1 aliphatic rings. The molecular weight excluding hydrogens is 210 g/mol. The van der Waals surface area contributed by atoms with E-state index >= 15 is 0 Å². The molecule has 3 heteroatoms. The molecule has 1 aliphatic heterocycles. The molecule has 2 nitrogen and oxygen atoms in total. The molecule has 0 saturated carbocycles. The van der Waals surface area contributed by atoms with Crippen LogP contribution < -0.4 is 0 Å². The monoisotopic (exact) mass is 233 g/mol. The van der Waals surface area contributed by atoms with E-state index in [1.54, 1.807) is 0 Å². The Balaban J connectivity index is 2.04. The van der Waals surface area contributed by atoms with Gasteiger partial charge < -0.3 is 10.0 Å². The molecule has 1 N–H and O–H groups in total. The molecular formula is C12H24ClNO. The van der Waals surface area contributed by atoms with Crippen LogP contribution in [0.15, 0.2) is 0 Å². The minimum atomic E-state index is -0.122. The number of unbranched alkanes of at least 4 members (excludes halogenated alkanes) is 2. The van der Waals surface area contributed by atoms with Gasteiger partial charge in [-0.2, -0.15) is 0 Å². The third-order valence-electron chi connectivity index (χ3n) is 3.42. The molecule has 0 spiro atoms. The topological polar surface area (TPSA) is 23.5 Å². The van der Waals surface area contributed by atoms with Crippen molar-refractivity contribution in [1.29, 1.82) is 0 Å². The number of hydrogen-bond donors (Lipinski definition) is 1. The van der Waals surface area contributed by atoms with Crippen molar-refractivity contribution < 1.29 is 5.11 Å². The summed E-state index contributed by atoms with van der Waals surface area (Å²) in [6, 6.07) is 0. The quantitative estimate of drug-likeness (QED) is 0.563. The zero-order valence-corrected chi connectivity index (χ0v) is 10.5. The zero-order valence-electron chi connectivity index (χ0n) is 9.79. The Labute approximate surface area is 98.6 Å². The van der Waals surface area contributed by atoms with E-state index in [-0.39, 0.29) is 6.10 Å². The van der Waals surface area contributed by atoms with E-state index in [0.29, 0.717) is 5.92 Å². The average molecular weight is 234 g/mol. The molecule has 0 aliphatic carbocycles. The molecule has 0 aromatic carbocycles. The second-order valence-electron chi connectivity index (χ2n) is 4.67. The normalized spacial score (nSPS) is 21.8. The number of aliphatic hydroxyl groups is 1. The number of likely N-dealkylation sites (tertiary alicyclic amines) is 1. The third kappa shape index (κ3) is 5.19. The van der Waals surface area contributed by atoms with Gasteiger partial charge in [-0.25, -0.2) is 0 Å². The van der Waals surface area contributed by atoms with Crippen molar-refractivity contribution in [2.24, 2.45) is 5.92 Å². The Morgan fingerprint density at radius 3 is 2.47 bits per heavy atom. The molecule has 0 aromatic rings. The van der Waals surface area contributed by atoms with Crippen LogP contribution in [0.3, 0.4) is 0 Å². The maximum Gasteiger partial charge on any atom is 0.0541 e. The van der Waals surface area contributed by atoms with Crippen LogP contribution in [0, 0.1) is 5.92 Å². The van der Waals surface area contributed by atoms with E-state index < -0.39 is 0 Å². The van der Waals surface area contributed by atoms with E-state index in [0.717, 1.165) is 38.2 Å². The van der Waals surface area contributed by atoms with Crippen LogP contribution in [-0.2, 0) is 0 Å².